The fourth-order valence-corrected chi connectivity index (χ4v) is 6.32. The molecule has 1 aromatic carbocycles. The first kappa shape index (κ1) is 30.0. The maximum atomic E-state index is 15.9. The molecule has 1 unspecified atom stereocenters. The van der Waals surface area contributed by atoms with E-state index in [-0.39, 0.29) is 35.7 Å². The molecule has 2 aliphatic rings. The van der Waals surface area contributed by atoms with Crippen LogP contribution in [0.25, 0.3) is 11.0 Å². The molecular weight excluding hydrogens is 537 g/mol. The minimum atomic E-state index is -0.526. The third-order valence-electron chi connectivity index (χ3n) is 8.66. The highest BCUT2D eigenvalue weighted by Gasteiger charge is 2.31. The number of halogens is 1. The molecule has 2 amide bonds. The summed E-state index contributed by atoms with van der Waals surface area (Å²) in [6.45, 7) is 8.53. The first-order valence-electron chi connectivity index (χ1n) is 15.5. The van der Waals surface area contributed by atoms with Crippen LogP contribution in [0, 0.1) is 24.6 Å². The number of hydrogen-bond donors (Lipinski definition) is 2. The molecule has 9 nitrogen and oxygen atoms in total. The average Bonchev–Trinajstić information content (AvgIpc) is 3.55. The molecule has 1 saturated carbocycles. The largest absolute Gasteiger partial charge is 0.444 e. The summed E-state index contributed by atoms with van der Waals surface area (Å²) in [6.07, 6.45) is 11.0. The predicted octanol–water partition coefficient (Wildman–Crippen LogP) is 7.02. The van der Waals surface area contributed by atoms with Crippen LogP contribution in [0.1, 0.15) is 112 Å². The number of likely N-dealkylation sites (tertiary alicyclic amines) is 1. The van der Waals surface area contributed by atoms with Crippen molar-refractivity contribution in [3.8, 4) is 0 Å². The Labute approximate surface area is 246 Å². The monoisotopic (exact) mass is 581 g/mol. The zero-order chi connectivity index (χ0) is 29.9. The van der Waals surface area contributed by atoms with Crippen LogP contribution in [-0.2, 0) is 11.2 Å². The van der Waals surface area contributed by atoms with E-state index in [1.165, 1.54) is 25.5 Å². The number of benzene rings is 1. The fourth-order valence-electron chi connectivity index (χ4n) is 6.32. The molecule has 2 fully saturated rings. The Morgan fingerprint density at radius 3 is 2.45 bits per heavy atom. The van der Waals surface area contributed by atoms with Crippen LogP contribution in [0.15, 0.2) is 22.9 Å². The fraction of sp³-hybridized carbons (Fsp3) is 0.625. The van der Waals surface area contributed by atoms with Crippen molar-refractivity contribution in [1.29, 1.82) is 0 Å². The van der Waals surface area contributed by atoms with Gasteiger partial charge in [0.2, 0.25) is 0 Å². The third-order valence-corrected chi connectivity index (χ3v) is 8.66. The minimum absolute atomic E-state index is 0.188. The van der Waals surface area contributed by atoms with Gasteiger partial charge in [-0.3, -0.25) is 4.79 Å². The van der Waals surface area contributed by atoms with Gasteiger partial charge in [0.1, 0.15) is 28.8 Å². The number of carbonyl (C=O) groups is 2. The molecule has 1 atom stereocenters. The van der Waals surface area contributed by atoms with Gasteiger partial charge in [0.25, 0.3) is 5.91 Å². The quantitative estimate of drug-likeness (QED) is 0.323. The van der Waals surface area contributed by atoms with E-state index in [1.54, 1.807) is 11.8 Å². The van der Waals surface area contributed by atoms with E-state index < -0.39 is 5.60 Å². The van der Waals surface area contributed by atoms with Gasteiger partial charge in [0, 0.05) is 13.1 Å². The molecule has 10 heteroatoms. The van der Waals surface area contributed by atoms with Crippen LogP contribution in [0.2, 0.25) is 0 Å². The molecule has 1 saturated heterocycles. The number of piperidine rings is 1. The van der Waals surface area contributed by atoms with E-state index in [2.05, 4.69) is 15.5 Å². The molecule has 0 spiro atoms. The summed E-state index contributed by atoms with van der Waals surface area (Å²) in [4.78, 5) is 35.5. The zero-order valence-electron chi connectivity index (χ0n) is 25.3. The molecule has 3 aromatic rings. The Hall–Kier alpha value is -3.43. The van der Waals surface area contributed by atoms with E-state index >= 15 is 4.39 Å². The maximum Gasteiger partial charge on any atom is 0.410 e. The molecule has 228 valence electrons. The molecule has 42 heavy (non-hydrogen) atoms. The molecule has 1 aliphatic heterocycles. The number of aromatic amines is 1. The smallest absolute Gasteiger partial charge is 0.410 e. The van der Waals surface area contributed by atoms with E-state index in [0.29, 0.717) is 53.2 Å². The lowest BCUT2D eigenvalue weighted by atomic mass is 9.85. The number of fused-ring (bicyclic) bond motifs is 1. The number of aromatic nitrogens is 3. The lowest BCUT2D eigenvalue weighted by Crippen LogP contribution is -2.42. The Morgan fingerprint density at radius 2 is 1.81 bits per heavy atom. The van der Waals surface area contributed by atoms with Gasteiger partial charge in [0.15, 0.2) is 5.82 Å². The standard InChI is InChI=1S/C32H44FN5O4/c1-20-24(19-41-37-20)30(39)36-27(22-10-8-6-5-7-9-11-22)29-34-25-13-12-23(26(33)28(25)35-29)18-21-14-16-38(17-15-21)31(40)42-32(2,3)4/h12-13,19,21-22,27H,5-11,14-18H2,1-4H3,(H,34,35)(H,36,39). The van der Waals surface area contributed by atoms with E-state index in [0.717, 1.165) is 38.5 Å². The van der Waals surface area contributed by atoms with Crippen LogP contribution >= 0.6 is 0 Å². The minimum Gasteiger partial charge on any atom is -0.444 e. The molecule has 1 aliphatic carbocycles. The lowest BCUT2D eigenvalue weighted by molar-refractivity contribution is 0.0184. The number of H-pyrrole nitrogens is 1. The number of hydrogen-bond acceptors (Lipinski definition) is 6. The highest BCUT2D eigenvalue weighted by molar-refractivity contribution is 5.95. The molecule has 2 aromatic heterocycles. The molecule has 0 radical (unpaired) electrons. The van der Waals surface area contributed by atoms with Gasteiger partial charge in [-0.1, -0.05) is 43.3 Å². The Bertz CT molecular complexity index is 1380. The van der Waals surface area contributed by atoms with Gasteiger partial charge in [-0.05, 0) is 83.3 Å². The lowest BCUT2D eigenvalue weighted by Gasteiger charge is -2.33. The van der Waals surface area contributed by atoms with E-state index in [4.69, 9.17) is 14.2 Å². The van der Waals surface area contributed by atoms with Crippen molar-refractivity contribution >= 4 is 23.0 Å². The summed E-state index contributed by atoms with van der Waals surface area (Å²) in [5, 5.41) is 7.04. The van der Waals surface area contributed by atoms with Crippen LogP contribution in [0.5, 0.6) is 0 Å². The number of nitrogens with zero attached hydrogens (tertiary/aromatic N) is 3. The van der Waals surface area contributed by atoms with Gasteiger partial charge >= 0.3 is 6.09 Å². The topological polar surface area (TPSA) is 113 Å². The highest BCUT2D eigenvalue weighted by Crippen LogP contribution is 2.34. The molecule has 3 heterocycles. The van der Waals surface area contributed by atoms with Crippen LogP contribution in [-0.4, -0.2) is 50.7 Å². The van der Waals surface area contributed by atoms with Crippen LogP contribution < -0.4 is 5.32 Å². The SMILES string of the molecule is Cc1nocc1C(=O)NC(c1nc2c(F)c(CC3CCN(C(=O)OC(C)(C)C)CC3)ccc2[nH]1)C1CCCCCCC1. The number of nitrogens with one attached hydrogen (secondary N) is 2. The van der Waals surface area contributed by atoms with Crippen molar-refractivity contribution in [3.05, 3.63) is 46.9 Å². The van der Waals surface area contributed by atoms with E-state index in [1.807, 2.05) is 32.9 Å². The average molecular weight is 582 g/mol. The number of aryl methyl sites for hydroxylation is 1. The summed E-state index contributed by atoms with van der Waals surface area (Å²) in [6, 6.07) is 3.35. The predicted molar refractivity (Wildman–Crippen MR) is 158 cm³/mol. The second kappa shape index (κ2) is 12.8. The summed E-state index contributed by atoms with van der Waals surface area (Å²) in [5.41, 5.74) is 1.95. The Morgan fingerprint density at radius 1 is 1.12 bits per heavy atom. The van der Waals surface area contributed by atoms with Gasteiger partial charge in [0.05, 0.1) is 17.3 Å². The summed E-state index contributed by atoms with van der Waals surface area (Å²) < 4.78 is 26.4. The van der Waals surface area contributed by atoms with Crippen molar-refractivity contribution < 1.29 is 23.2 Å². The van der Waals surface area contributed by atoms with Crippen LogP contribution in [0.3, 0.4) is 0 Å². The highest BCUT2D eigenvalue weighted by atomic mass is 19.1. The van der Waals surface area contributed by atoms with Crippen molar-refractivity contribution in [2.75, 3.05) is 13.1 Å². The van der Waals surface area contributed by atoms with Gasteiger partial charge in [-0.25, -0.2) is 14.2 Å². The molecular formula is C32H44FN5O4. The number of ether oxygens (including phenoxy) is 1. The number of carbonyl (C=O) groups excluding carboxylic acids is 2. The normalized spacial score (nSPS) is 18.5. The molecule has 2 N–H and O–H groups in total. The van der Waals surface area contributed by atoms with Crippen molar-refractivity contribution in [1.82, 2.24) is 25.3 Å². The summed E-state index contributed by atoms with van der Waals surface area (Å²) >= 11 is 0. The molecule has 5 rings (SSSR count). The van der Waals surface area contributed by atoms with Crippen molar-refractivity contribution in [3.63, 3.8) is 0 Å². The number of rotatable bonds is 6. The summed E-state index contributed by atoms with van der Waals surface area (Å²) in [5.74, 6) is 0.456. The summed E-state index contributed by atoms with van der Waals surface area (Å²) in [7, 11) is 0. The van der Waals surface area contributed by atoms with Gasteiger partial charge < -0.3 is 24.5 Å². The Balaban J connectivity index is 1.33. The van der Waals surface area contributed by atoms with Crippen molar-refractivity contribution in [2.24, 2.45) is 11.8 Å². The van der Waals surface area contributed by atoms with E-state index in [9.17, 15) is 9.59 Å². The van der Waals surface area contributed by atoms with Gasteiger partial charge in [-0.15, -0.1) is 0 Å². The second-order valence-corrected chi connectivity index (χ2v) is 13.0. The number of imidazole rings is 1. The number of amides is 2. The first-order valence-corrected chi connectivity index (χ1v) is 15.5. The zero-order valence-corrected chi connectivity index (χ0v) is 25.3. The van der Waals surface area contributed by atoms with Crippen molar-refractivity contribution in [2.45, 2.75) is 104 Å². The first-order chi connectivity index (χ1) is 20.1. The second-order valence-electron chi connectivity index (χ2n) is 13.0. The Kier molecular flexibility index (Phi) is 9.18. The third kappa shape index (κ3) is 7.13. The van der Waals surface area contributed by atoms with Crippen LogP contribution in [0.4, 0.5) is 9.18 Å². The van der Waals surface area contributed by atoms with Gasteiger partial charge in [-0.2, -0.15) is 0 Å². The maximum absolute atomic E-state index is 15.9. The molecule has 0 bridgehead atoms.